The van der Waals surface area contributed by atoms with Crippen LogP contribution in [0.25, 0.3) is 10.8 Å². The van der Waals surface area contributed by atoms with E-state index >= 15 is 0 Å². The number of rotatable bonds is 3. The molecule has 3 aromatic rings. The van der Waals surface area contributed by atoms with E-state index in [2.05, 4.69) is 74.5 Å². The zero-order valence-corrected chi connectivity index (χ0v) is 12.2. The van der Waals surface area contributed by atoms with Crippen LogP contribution in [0, 0.1) is 13.8 Å². The molecule has 0 saturated carbocycles. The average molecular weight is 260 g/mol. The minimum Gasteiger partial charge on any atom is -0.0616 e. The zero-order valence-electron chi connectivity index (χ0n) is 12.2. The second-order valence-corrected chi connectivity index (χ2v) is 5.57. The van der Waals surface area contributed by atoms with E-state index in [0.29, 0.717) is 0 Å². The second-order valence-electron chi connectivity index (χ2n) is 5.57. The van der Waals surface area contributed by atoms with Crippen molar-refractivity contribution in [2.45, 2.75) is 26.7 Å². The summed E-state index contributed by atoms with van der Waals surface area (Å²) in [6.07, 6.45) is 2.22. The Morgan fingerprint density at radius 2 is 1.45 bits per heavy atom. The summed E-state index contributed by atoms with van der Waals surface area (Å²) in [5, 5.41) is 2.73. The Morgan fingerprint density at radius 3 is 2.35 bits per heavy atom. The fourth-order valence-corrected chi connectivity index (χ4v) is 2.85. The van der Waals surface area contributed by atoms with Crippen molar-refractivity contribution in [1.82, 2.24) is 0 Å². The smallest absolute Gasteiger partial charge is 0.0152 e. The van der Waals surface area contributed by atoms with Gasteiger partial charge in [-0.3, -0.25) is 0 Å². The summed E-state index contributed by atoms with van der Waals surface area (Å²) in [7, 11) is 0. The molecule has 0 bridgehead atoms. The van der Waals surface area contributed by atoms with Gasteiger partial charge in [-0.15, -0.1) is 0 Å². The summed E-state index contributed by atoms with van der Waals surface area (Å²) in [5.74, 6) is 0. The number of benzene rings is 3. The van der Waals surface area contributed by atoms with Crippen molar-refractivity contribution in [1.29, 1.82) is 0 Å². The van der Waals surface area contributed by atoms with E-state index in [1.165, 1.54) is 33.0 Å². The van der Waals surface area contributed by atoms with E-state index in [1.807, 2.05) is 0 Å². The monoisotopic (exact) mass is 260 g/mol. The molecule has 0 aliphatic heterocycles. The SMILES string of the molecule is Cc1ccc(C)c(CCc2cccc3ccccc23)c1. The van der Waals surface area contributed by atoms with Crippen LogP contribution in [-0.2, 0) is 12.8 Å². The Balaban J connectivity index is 1.89. The largest absolute Gasteiger partial charge is 0.0616 e. The number of hydrogen-bond donors (Lipinski definition) is 0. The maximum Gasteiger partial charge on any atom is -0.0152 e. The molecule has 0 saturated heterocycles. The predicted octanol–water partition coefficient (Wildman–Crippen LogP) is 5.24. The Labute approximate surface area is 121 Å². The molecule has 0 fully saturated rings. The molecule has 20 heavy (non-hydrogen) atoms. The van der Waals surface area contributed by atoms with Gasteiger partial charge in [0.25, 0.3) is 0 Å². The van der Waals surface area contributed by atoms with E-state index in [0.717, 1.165) is 12.8 Å². The van der Waals surface area contributed by atoms with Gasteiger partial charge < -0.3 is 0 Å². The summed E-state index contributed by atoms with van der Waals surface area (Å²) in [6, 6.07) is 22.0. The van der Waals surface area contributed by atoms with Gasteiger partial charge in [0.05, 0.1) is 0 Å². The third kappa shape index (κ3) is 2.60. The minimum atomic E-state index is 1.10. The van der Waals surface area contributed by atoms with Crippen LogP contribution in [0.3, 0.4) is 0 Å². The van der Waals surface area contributed by atoms with Crippen LogP contribution >= 0.6 is 0 Å². The van der Waals surface area contributed by atoms with Gasteiger partial charge in [-0.25, -0.2) is 0 Å². The van der Waals surface area contributed by atoms with Crippen LogP contribution < -0.4 is 0 Å². The molecule has 3 rings (SSSR count). The standard InChI is InChI=1S/C20H20/c1-15-10-11-16(2)19(14-15)13-12-18-8-5-7-17-6-3-4-9-20(17)18/h3-11,14H,12-13H2,1-2H3. The molecule has 0 heterocycles. The van der Waals surface area contributed by atoms with E-state index in [-0.39, 0.29) is 0 Å². The first-order chi connectivity index (χ1) is 9.74. The van der Waals surface area contributed by atoms with Crippen LogP contribution in [0.4, 0.5) is 0 Å². The third-order valence-electron chi connectivity index (χ3n) is 4.05. The van der Waals surface area contributed by atoms with Gasteiger partial charge in [0.2, 0.25) is 0 Å². The molecule has 0 N–H and O–H groups in total. The van der Waals surface area contributed by atoms with Crippen LogP contribution in [-0.4, -0.2) is 0 Å². The van der Waals surface area contributed by atoms with Gasteiger partial charge >= 0.3 is 0 Å². The Morgan fingerprint density at radius 1 is 0.700 bits per heavy atom. The van der Waals surface area contributed by atoms with Gasteiger partial charge in [-0.2, -0.15) is 0 Å². The topological polar surface area (TPSA) is 0 Å². The van der Waals surface area contributed by atoms with Gasteiger partial charge in [0.15, 0.2) is 0 Å². The highest BCUT2D eigenvalue weighted by Gasteiger charge is 2.03. The molecule has 0 aliphatic rings. The van der Waals surface area contributed by atoms with Crippen LogP contribution in [0.1, 0.15) is 22.3 Å². The number of aryl methyl sites for hydroxylation is 4. The second kappa shape index (κ2) is 5.50. The Bertz CT molecular complexity index is 733. The lowest BCUT2D eigenvalue weighted by atomic mass is 9.96. The van der Waals surface area contributed by atoms with Crippen molar-refractivity contribution in [2.75, 3.05) is 0 Å². The van der Waals surface area contributed by atoms with Gasteiger partial charge in [0.1, 0.15) is 0 Å². The van der Waals surface area contributed by atoms with E-state index in [9.17, 15) is 0 Å². The third-order valence-corrected chi connectivity index (χ3v) is 4.05. The van der Waals surface area contributed by atoms with Gasteiger partial charge in [-0.1, -0.05) is 66.2 Å². The van der Waals surface area contributed by atoms with Crippen molar-refractivity contribution in [3.8, 4) is 0 Å². The average Bonchev–Trinajstić information content (AvgIpc) is 2.48. The fourth-order valence-electron chi connectivity index (χ4n) is 2.85. The van der Waals surface area contributed by atoms with Crippen molar-refractivity contribution in [3.63, 3.8) is 0 Å². The summed E-state index contributed by atoms with van der Waals surface area (Å²) >= 11 is 0. The highest BCUT2D eigenvalue weighted by molar-refractivity contribution is 5.85. The fraction of sp³-hybridized carbons (Fsp3) is 0.200. The zero-order chi connectivity index (χ0) is 13.9. The summed E-state index contributed by atoms with van der Waals surface area (Å²) in [4.78, 5) is 0. The molecule has 3 aromatic carbocycles. The molecule has 0 aliphatic carbocycles. The van der Waals surface area contributed by atoms with Crippen molar-refractivity contribution in [2.24, 2.45) is 0 Å². The van der Waals surface area contributed by atoms with Crippen LogP contribution in [0.15, 0.2) is 60.7 Å². The number of hydrogen-bond acceptors (Lipinski definition) is 0. The Kier molecular flexibility index (Phi) is 3.56. The molecule has 0 unspecified atom stereocenters. The first-order valence-electron chi connectivity index (χ1n) is 7.27. The van der Waals surface area contributed by atoms with E-state index in [1.54, 1.807) is 0 Å². The molecule has 0 amide bonds. The van der Waals surface area contributed by atoms with Gasteiger partial charge in [-0.05, 0) is 54.2 Å². The highest BCUT2D eigenvalue weighted by Crippen LogP contribution is 2.21. The summed E-state index contributed by atoms with van der Waals surface area (Å²) in [5.41, 5.74) is 5.67. The molecule has 0 atom stereocenters. The molecule has 0 radical (unpaired) electrons. The highest BCUT2D eigenvalue weighted by atomic mass is 14.1. The number of fused-ring (bicyclic) bond motifs is 1. The van der Waals surface area contributed by atoms with Crippen molar-refractivity contribution >= 4 is 10.8 Å². The molecule has 0 nitrogen and oxygen atoms in total. The van der Waals surface area contributed by atoms with Gasteiger partial charge in [0, 0.05) is 0 Å². The molecule has 0 aromatic heterocycles. The maximum atomic E-state index is 2.32. The van der Waals surface area contributed by atoms with Crippen LogP contribution in [0.5, 0.6) is 0 Å². The molecule has 100 valence electrons. The molecular weight excluding hydrogens is 240 g/mol. The van der Waals surface area contributed by atoms with Crippen LogP contribution in [0.2, 0.25) is 0 Å². The molecular formula is C20H20. The first-order valence-corrected chi connectivity index (χ1v) is 7.27. The van der Waals surface area contributed by atoms with Crippen molar-refractivity contribution < 1.29 is 0 Å². The first kappa shape index (κ1) is 12.9. The summed E-state index contributed by atoms with van der Waals surface area (Å²) < 4.78 is 0. The lowest BCUT2D eigenvalue weighted by molar-refractivity contribution is 0.955. The lowest BCUT2D eigenvalue weighted by Crippen LogP contribution is -1.95. The van der Waals surface area contributed by atoms with E-state index < -0.39 is 0 Å². The maximum absolute atomic E-state index is 2.32. The molecule has 0 spiro atoms. The lowest BCUT2D eigenvalue weighted by Gasteiger charge is -2.09. The normalized spacial score (nSPS) is 10.9. The summed E-state index contributed by atoms with van der Waals surface area (Å²) in [6.45, 7) is 4.37. The molecule has 0 heteroatoms. The Hall–Kier alpha value is -2.08. The predicted molar refractivity (Wildman–Crippen MR) is 87.3 cm³/mol. The van der Waals surface area contributed by atoms with E-state index in [4.69, 9.17) is 0 Å². The van der Waals surface area contributed by atoms with Crippen molar-refractivity contribution in [3.05, 3.63) is 82.9 Å². The minimum absolute atomic E-state index is 1.10. The quantitative estimate of drug-likeness (QED) is 0.604.